The molecule has 0 unspecified atom stereocenters. The number of benzene rings is 1. The summed E-state index contributed by atoms with van der Waals surface area (Å²) in [4.78, 5) is 12.6. The van der Waals surface area contributed by atoms with Crippen molar-refractivity contribution in [2.24, 2.45) is 0 Å². The molecule has 1 aromatic rings. The van der Waals surface area contributed by atoms with Crippen molar-refractivity contribution in [3.8, 4) is 5.75 Å². The first-order valence-electron chi connectivity index (χ1n) is 5.33. The number of carboxylic acids is 1. The van der Waals surface area contributed by atoms with Crippen molar-refractivity contribution >= 4 is 21.9 Å². The standard InChI is InChI=1S/C12H16BrNO3/c1-8(2)14(7-12(16)17)6-9-5-10(15)3-4-11(9)13/h3-5,8,15H,6-7H2,1-2H3,(H,16,17). The highest BCUT2D eigenvalue weighted by Crippen LogP contribution is 2.23. The van der Waals surface area contributed by atoms with E-state index in [1.54, 1.807) is 18.2 Å². The van der Waals surface area contributed by atoms with E-state index in [2.05, 4.69) is 15.9 Å². The number of phenols is 1. The number of aromatic hydroxyl groups is 1. The van der Waals surface area contributed by atoms with Gasteiger partial charge in [-0.25, -0.2) is 0 Å². The monoisotopic (exact) mass is 301 g/mol. The zero-order chi connectivity index (χ0) is 13.0. The molecule has 0 saturated carbocycles. The summed E-state index contributed by atoms with van der Waals surface area (Å²) in [5.41, 5.74) is 0.875. The van der Waals surface area contributed by atoms with Gasteiger partial charge in [-0.15, -0.1) is 0 Å². The second-order valence-corrected chi connectivity index (χ2v) is 5.02. The molecule has 0 aliphatic rings. The molecule has 0 radical (unpaired) electrons. The topological polar surface area (TPSA) is 60.8 Å². The normalized spacial score (nSPS) is 11.1. The number of halogens is 1. The SMILES string of the molecule is CC(C)N(CC(=O)O)Cc1cc(O)ccc1Br. The molecule has 0 atom stereocenters. The first-order valence-corrected chi connectivity index (χ1v) is 6.12. The first-order chi connectivity index (χ1) is 7.90. The third kappa shape index (κ3) is 4.36. The lowest BCUT2D eigenvalue weighted by atomic mass is 10.2. The highest BCUT2D eigenvalue weighted by atomic mass is 79.9. The average Bonchev–Trinajstić information content (AvgIpc) is 2.21. The minimum atomic E-state index is -0.852. The Labute approximate surface area is 109 Å². The van der Waals surface area contributed by atoms with Gasteiger partial charge in [0.1, 0.15) is 5.75 Å². The molecule has 5 heteroatoms. The Morgan fingerprint density at radius 1 is 1.47 bits per heavy atom. The number of carbonyl (C=O) groups is 1. The molecule has 0 saturated heterocycles. The summed E-state index contributed by atoms with van der Waals surface area (Å²) in [7, 11) is 0. The van der Waals surface area contributed by atoms with E-state index in [0.29, 0.717) is 6.54 Å². The zero-order valence-electron chi connectivity index (χ0n) is 9.85. The molecule has 4 nitrogen and oxygen atoms in total. The van der Waals surface area contributed by atoms with Crippen molar-refractivity contribution in [1.82, 2.24) is 4.90 Å². The Hall–Kier alpha value is -1.07. The fourth-order valence-electron chi connectivity index (χ4n) is 1.50. The Morgan fingerprint density at radius 2 is 2.12 bits per heavy atom. The van der Waals surface area contributed by atoms with E-state index in [9.17, 15) is 9.90 Å². The fourth-order valence-corrected chi connectivity index (χ4v) is 1.87. The highest BCUT2D eigenvalue weighted by Gasteiger charge is 2.15. The van der Waals surface area contributed by atoms with Gasteiger partial charge in [0.05, 0.1) is 6.54 Å². The maximum atomic E-state index is 10.8. The molecule has 1 rings (SSSR count). The third-order valence-corrected chi connectivity index (χ3v) is 3.25. The number of carboxylic acid groups (broad SMARTS) is 1. The van der Waals surface area contributed by atoms with Gasteiger partial charge in [-0.05, 0) is 37.6 Å². The van der Waals surface area contributed by atoms with Gasteiger partial charge < -0.3 is 10.2 Å². The minimum Gasteiger partial charge on any atom is -0.508 e. The molecule has 0 heterocycles. The molecular weight excluding hydrogens is 286 g/mol. The van der Waals surface area contributed by atoms with Crippen LogP contribution in [0, 0.1) is 0 Å². The van der Waals surface area contributed by atoms with Crippen molar-refractivity contribution in [3.05, 3.63) is 28.2 Å². The van der Waals surface area contributed by atoms with Crippen LogP contribution in [0.3, 0.4) is 0 Å². The molecule has 0 fully saturated rings. The molecule has 0 amide bonds. The van der Waals surface area contributed by atoms with Crippen LogP contribution in [-0.2, 0) is 11.3 Å². The maximum absolute atomic E-state index is 10.8. The van der Waals surface area contributed by atoms with E-state index in [4.69, 9.17) is 5.11 Å². The largest absolute Gasteiger partial charge is 0.508 e. The maximum Gasteiger partial charge on any atom is 0.317 e. The van der Waals surface area contributed by atoms with E-state index in [-0.39, 0.29) is 18.3 Å². The number of hydrogen-bond donors (Lipinski definition) is 2. The molecule has 2 N–H and O–H groups in total. The second-order valence-electron chi connectivity index (χ2n) is 4.17. The Bertz CT molecular complexity index is 407. The first kappa shape index (κ1) is 14.0. The van der Waals surface area contributed by atoms with Crippen LogP contribution in [-0.4, -0.2) is 33.7 Å². The number of nitrogens with zero attached hydrogens (tertiary/aromatic N) is 1. The Balaban J connectivity index is 2.85. The van der Waals surface area contributed by atoms with Crippen LogP contribution in [0.4, 0.5) is 0 Å². The molecule has 1 aromatic carbocycles. The summed E-state index contributed by atoms with van der Waals surface area (Å²) in [6, 6.07) is 5.11. The van der Waals surface area contributed by atoms with Gasteiger partial charge in [0, 0.05) is 17.1 Å². The molecular formula is C12H16BrNO3. The molecule has 0 bridgehead atoms. The predicted octanol–water partition coefficient (Wildman–Crippen LogP) is 2.45. The third-order valence-electron chi connectivity index (χ3n) is 2.47. The van der Waals surface area contributed by atoms with Crippen LogP contribution in [0.1, 0.15) is 19.4 Å². The lowest BCUT2D eigenvalue weighted by Gasteiger charge is -2.25. The van der Waals surface area contributed by atoms with Gasteiger partial charge in [0.15, 0.2) is 0 Å². The van der Waals surface area contributed by atoms with Crippen LogP contribution >= 0.6 is 15.9 Å². The summed E-state index contributed by atoms with van der Waals surface area (Å²) < 4.78 is 0.867. The van der Waals surface area contributed by atoms with Gasteiger partial charge in [-0.2, -0.15) is 0 Å². The smallest absolute Gasteiger partial charge is 0.317 e. The number of rotatable bonds is 5. The van der Waals surface area contributed by atoms with E-state index < -0.39 is 5.97 Å². The summed E-state index contributed by atoms with van der Waals surface area (Å²) >= 11 is 3.39. The Kier molecular flexibility index (Phi) is 4.96. The van der Waals surface area contributed by atoms with E-state index in [1.807, 2.05) is 18.7 Å². The lowest BCUT2D eigenvalue weighted by Crippen LogP contribution is -2.35. The van der Waals surface area contributed by atoms with Crippen molar-refractivity contribution in [2.75, 3.05) is 6.54 Å². The summed E-state index contributed by atoms with van der Waals surface area (Å²) in [5, 5.41) is 18.2. The lowest BCUT2D eigenvalue weighted by molar-refractivity contribution is -0.138. The highest BCUT2D eigenvalue weighted by molar-refractivity contribution is 9.10. The molecule has 0 aliphatic carbocycles. The quantitative estimate of drug-likeness (QED) is 0.877. The van der Waals surface area contributed by atoms with Gasteiger partial charge in [0.2, 0.25) is 0 Å². The predicted molar refractivity (Wildman–Crippen MR) is 69.0 cm³/mol. The van der Waals surface area contributed by atoms with E-state index in [1.165, 1.54) is 0 Å². The van der Waals surface area contributed by atoms with E-state index >= 15 is 0 Å². The number of aliphatic carboxylic acids is 1. The van der Waals surface area contributed by atoms with Crippen molar-refractivity contribution in [1.29, 1.82) is 0 Å². The van der Waals surface area contributed by atoms with Crippen LogP contribution in [0.15, 0.2) is 22.7 Å². The van der Waals surface area contributed by atoms with Crippen molar-refractivity contribution in [3.63, 3.8) is 0 Å². The van der Waals surface area contributed by atoms with Gasteiger partial charge in [-0.3, -0.25) is 9.69 Å². The van der Waals surface area contributed by atoms with Crippen molar-refractivity contribution < 1.29 is 15.0 Å². The van der Waals surface area contributed by atoms with Crippen LogP contribution in [0.25, 0.3) is 0 Å². The summed E-state index contributed by atoms with van der Waals surface area (Å²) in [6.45, 7) is 4.36. The molecule has 94 valence electrons. The number of hydrogen-bond acceptors (Lipinski definition) is 3. The van der Waals surface area contributed by atoms with Gasteiger partial charge in [0.25, 0.3) is 0 Å². The fraction of sp³-hybridized carbons (Fsp3) is 0.417. The number of phenolic OH excluding ortho intramolecular Hbond substituents is 1. The van der Waals surface area contributed by atoms with Crippen molar-refractivity contribution in [2.45, 2.75) is 26.4 Å². The summed E-state index contributed by atoms with van der Waals surface area (Å²) in [6.07, 6.45) is 0. The molecule has 0 aromatic heterocycles. The summed E-state index contributed by atoms with van der Waals surface area (Å²) in [5.74, 6) is -0.669. The van der Waals surface area contributed by atoms with Crippen LogP contribution in [0.5, 0.6) is 5.75 Å². The Morgan fingerprint density at radius 3 is 2.65 bits per heavy atom. The van der Waals surface area contributed by atoms with Gasteiger partial charge in [-0.1, -0.05) is 15.9 Å². The van der Waals surface area contributed by atoms with Crippen LogP contribution < -0.4 is 0 Å². The molecule has 17 heavy (non-hydrogen) atoms. The molecule has 0 spiro atoms. The second kappa shape index (κ2) is 6.02. The zero-order valence-corrected chi connectivity index (χ0v) is 11.4. The molecule has 0 aliphatic heterocycles. The average molecular weight is 302 g/mol. The van der Waals surface area contributed by atoms with E-state index in [0.717, 1.165) is 10.0 Å². The van der Waals surface area contributed by atoms with Crippen LogP contribution in [0.2, 0.25) is 0 Å². The minimum absolute atomic E-state index is 0.0141. The van der Waals surface area contributed by atoms with Gasteiger partial charge >= 0.3 is 5.97 Å².